The first kappa shape index (κ1) is 19.1. The summed E-state index contributed by atoms with van der Waals surface area (Å²) in [4.78, 5) is 4.01. The number of aromatic nitrogens is 5. The van der Waals surface area contributed by atoms with Crippen LogP contribution in [0.25, 0.3) is 16.9 Å². The molecule has 2 aromatic heterocycles. The molecular formula is C23H26N6. The second-order valence-corrected chi connectivity index (χ2v) is 7.50. The van der Waals surface area contributed by atoms with Crippen LogP contribution in [0, 0.1) is 13.8 Å². The highest BCUT2D eigenvalue weighted by Gasteiger charge is 2.14. The van der Waals surface area contributed by atoms with E-state index in [9.17, 15) is 0 Å². The molecule has 29 heavy (non-hydrogen) atoms. The van der Waals surface area contributed by atoms with Crippen LogP contribution in [0.2, 0.25) is 0 Å². The SMILES string of the molecule is Cc1ccc(C)c(-n2cc(CN[C@H](C)Cn3cncn3)c(-c3ccccc3)n2)c1. The second kappa shape index (κ2) is 8.41. The van der Waals surface area contributed by atoms with E-state index in [1.165, 1.54) is 16.7 Å². The maximum Gasteiger partial charge on any atom is 0.137 e. The Labute approximate surface area is 171 Å². The van der Waals surface area contributed by atoms with Crippen LogP contribution in [0.5, 0.6) is 0 Å². The van der Waals surface area contributed by atoms with Crippen LogP contribution in [0.3, 0.4) is 0 Å². The number of hydrogen-bond donors (Lipinski definition) is 1. The predicted octanol–water partition coefficient (Wildman–Crippen LogP) is 3.93. The molecule has 2 heterocycles. The Balaban J connectivity index is 1.62. The maximum absolute atomic E-state index is 4.96. The molecule has 0 aliphatic carbocycles. The lowest BCUT2D eigenvalue weighted by Crippen LogP contribution is -2.30. The number of benzene rings is 2. The molecule has 0 fully saturated rings. The van der Waals surface area contributed by atoms with Crippen LogP contribution in [-0.2, 0) is 13.1 Å². The average Bonchev–Trinajstić information content (AvgIpc) is 3.39. The van der Waals surface area contributed by atoms with Gasteiger partial charge in [-0.05, 0) is 38.0 Å². The first-order valence-corrected chi connectivity index (χ1v) is 9.87. The Morgan fingerprint density at radius 1 is 1.07 bits per heavy atom. The van der Waals surface area contributed by atoms with Crippen LogP contribution in [-0.4, -0.2) is 30.6 Å². The highest BCUT2D eigenvalue weighted by atomic mass is 15.3. The largest absolute Gasteiger partial charge is 0.308 e. The Kier molecular flexibility index (Phi) is 5.53. The summed E-state index contributed by atoms with van der Waals surface area (Å²) in [7, 11) is 0. The van der Waals surface area contributed by atoms with Gasteiger partial charge in [-0.3, -0.25) is 4.68 Å². The van der Waals surface area contributed by atoms with Crippen LogP contribution in [0.1, 0.15) is 23.6 Å². The van der Waals surface area contributed by atoms with Crippen molar-refractivity contribution in [2.75, 3.05) is 0 Å². The van der Waals surface area contributed by atoms with Gasteiger partial charge in [0, 0.05) is 29.9 Å². The third-order valence-corrected chi connectivity index (χ3v) is 5.02. The standard InChI is InChI=1S/C23H26N6/c1-17-9-10-18(2)22(11-17)29-14-21(23(27-29)20-7-5-4-6-8-20)12-25-19(3)13-28-16-24-15-26-28/h4-11,14-16,19,25H,12-13H2,1-3H3/t19-/m1/s1. The molecule has 2 aromatic carbocycles. The van der Waals surface area contributed by atoms with Crippen molar-refractivity contribution in [1.82, 2.24) is 29.9 Å². The molecule has 1 N–H and O–H groups in total. The van der Waals surface area contributed by atoms with Crippen molar-refractivity contribution in [3.63, 3.8) is 0 Å². The Morgan fingerprint density at radius 2 is 1.90 bits per heavy atom. The maximum atomic E-state index is 4.96. The van der Waals surface area contributed by atoms with E-state index < -0.39 is 0 Å². The van der Waals surface area contributed by atoms with Gasteiger partial charge in [0.1, 0.15) is 12.7 Å². The summed E-state index contributed by atoms with van der Waals surface area (Å²) < 4.78 is 3.85. The predicted molar refractivity (Wildman–Crippen MR) is 115 cm³/mol. The van der Waals surface area contributed by atoms with E-state index in [1.807, 2.05) is 15.4 Å². The van der Waals surface area contributed by atoms with Gasteiger partial charge < -0.3 is 5.32 Å². The molecule has 0 unspecified atom stereocenters. The first-order valence-electron chi connectivity index (χ1n) is 9.87. The van der Waals surface area contributed by atoms with Crippen LogP contribution >= 0.6 is 0 Å². The molecule has 0 aliphatic rings. The molecule has 0 aliphatic heterocycles. The zero-order valence-electron chi connectivity index (χ0n) is 17.1. The van der Waals surface area contributed by atoms with Crippen molar-refractivity contribution >= 4 is 0 Å². The summed E-state index contributed by atoms with van der Waals surface area (Å²) in [5.74, 6) is 0. The lowest BCUT2D eigenvalue weighted by molar-refractivity contribution is 0.450. The van der Waals surface area contributed by atoms with Crippen molar-refractivity contribution in [2.24, 2.45) is 0 Å². The van der Waals surface area contributed by atoms with Gasteiger partial charge in [-0.25, -0.2) is 9.67 Å². The third-order valence-electron chi connectivity index (χ3n) is 5.02. The van der Waals surface area contributed by atoms with Gasteiger partial charge in [-0.1, -0.05) is 42.5 Å². The zero-order valence-corrected chi connectivity index (χ0v) is 17.1. The Morgan fingerprint density at radius 3 is 2.66 bits per heavy atom. The molecule has 0 spiro atoms. The van der Waals surface area contributed by atoms with E-state index in [2.05, 4.69) is 84.8 Å². The highest BCUT2D eigenvalue weighted by molar-refractivity contribution is 5.63. The highest BCUT2D eigenvalue weighted by Crippen LogP contribution is 2.25. The number of aryl methyl sites for hydroxylation is 2. The monoisotopic (exact) mass is 386 g/mol. The Hall–Kier alpha value is -3.25. The number of hydrogen-bond acceptors (Lipinski definition) is 4. The van der Waals surface area contributed by atoms with Gasteiger partial charge in [0.15, 0.2) is 0 Å². The van der Waals surface area contributed by atoms with Gasteiger partial charge in [0.25, 0.3) is 0 Å². The summed E-state index contributed by atoms with van der Waals surface area (Å²) in [5.41, 5.74) is 6.84. The van der Waals surface area contributed by atoms with Crippen molar-refractivity contribution in [3.05, 3.63) is 84.1 Å². The molecule has 0 saturated heterocycles. The van der Waals surface area contributed by atoms with Gasteiger partial charge in [0.05, 0.1) is 17.9 Å². The third kappa shape index (κ3) is 4.43. The molecule has 0 bridgehead atoms. The smallest absolute Gasteiger partial charge is 0.137 e. The van der Waals surface area contributed by atoms with E-state index in [1.54, 1.807) is 12.7 Å². The summed E-state index contributed by atoms with van der Waals surface area (Å²) in [6.45, 7) is 7.88. The fourth-order valence-corrected chi connectivity index (χ4v) is 3.42. The van der Waals surface area contributed by atoms with E-state index in [0.29, 0.717) is 0 Å². The topological polar surface area (TPSA) is 60.6 Å². The Bertz CT molecular complexity index is 1070. The number of nitrogens with one attached hydrogen (secondary N) is 1. The quantitative estimate of drug-likeness (QED) is 0.523. The first-order chi connectivity index (χ1) is 14.1. The fourth-order valence-electron chi connectivity index (χ4n) is 3.42. The average molecular weight is 387 g/mol. The molecule has 6 nitrogen and oxygen atoms in total. The molecule has 4 aromatic rings. The van der Waals surface area contributed by atoms with E-state index >= 15 is 0 Å². The summed E-state index contributed by atoms with van der Waals surface area (Å²) in [6, 6.07) is 17.1. The number of rotatable bonds is 7. The van der Waals surface area contributed by atoms with E-state index in [0.717, 1.165) is 30.0 Å². The van der Waals surface area contributed by atoms with E-state index in [4.69, 9.17) is 5.10 Å². The van der Waals surface area contributed by atoms with Gasteiger partial charge >= 0.3 is 0 Å². The van der Waals surface area contributed by atoms with Gasteiger partial charge in [-0.15, -0.1) is 0 Å². The molecule has 4 rings (SSSR count). The van der Waals surface area contributed by atoms with Crippen molar-refractivity contribution in [3.8, 4) is 16.9 Å². The lowest BCUT2D eigenvalue weighted by atomic mass is 10.1. The minimum absolute atomic E-state index is 0.254. The summed E-state index contributed by atoms with van der Waals surface area (Å²) >= 11 is 0. The minimum Gasteiger partial charge on any atom is -0.308 e. The van der Waals surface area contributed by atoms with Crippen molar-refractivity contribution < 1.29 is 0 Å². The lowest BCUT2D eigenvalue weighted by Gasteiger charge is -2.13. The van der Waals surface area contributed by atoms with Crippen LogP contribution in [0.4, 0.5) is 0 Å². The van der Waals surface area contributed by atoms with Gasteiger partial charge in [-0.2, -0.15) is 10.2 Å². The molecule has 1 atom stereocenters. The molecule has 6 heteroatoms. The number of nitrogens with zero attached hydrogens (tertiary/aromatic N) is 5. The summed E-state index contributed by atoms with van der Waals surface area (Å²) in [6.07, 6.45) is 5.44. The molecule has 0 radical (unpaired) electrons. The fraction of sp³-hybridized carbons (Fsp3) is 0.261. The van der Waals surface area contributed by atoms with Crippen LogP contribution in [0.15, 0.2) is 67.4 Å². The summed E-state index contributed by atoms with van der Waals surface area (Å²) in [5, 5.41) is 12.7. The molecule has 0 amide bonds. The minimum atomic E-state index is 0.254. The van der Waals surface area contributed by atoms with Gasteiger partial charge in [0.2, 0.25) is 0 Å². The molecular weight excluding hydrogens is 360 g/mol. The zero-order chi connectivity index (χ0) is 20.2. The van der Waals surface area contributed by atoms with Crippen molar-refractivity contribution in [1.29, 1.82) is 0 Å². The van der Waals surface area contributed by atoms with Crippen LogP contribution < -0.4 is 5.32 Å². The van der Waals surface area contributed by atoms with E-state index in [-0.39, 0.29) is 6.04 Å². The molecule has 0 saturated carbocycles. The normalized spacial score (nSPS) is 12.2. The van der Waals surface area contributed by atoms with Crippen molar-refractivity contribution in [2.45, 2.75) is 39.9 Å². The molecule has 148 valence electrons. The second-order valence-electron chi connectivity index (χ2n) is 7.50.